The second kappa shape index (κ2) is 5.87. The minimum absolute atomic E-state index is 0.202. The van der Waals surface area contributed by atoms with E-state index in [4.69, 9.17) is 15.2 Å². The molecule has 4 nitrogen and oxygen atoms in total. The van der Waals surface area contributed by atoms with Crippen molar-refractivity contribution in [2.45, 2.75) is 31.8 Å². The molecular weight excluding hydrogens is 216 g/mol. The summed E-state index contributed by atoms with van der Waals surface area (Å²) in [4.78, 5) is 4.27. The molecule has 0 spiro atoms. The van der Waals surface area contributed by atoms with Crippen LogP contribution in [-0.4, -0.2) is 24.7 Å². The largest absolute Gasteiger partial charge is 0.481 e. The molecule has 2 N–H and O–H groups in total. The quantitative estimate of drug-likeness (QED) is 0.868. The molecule has 0 bridgehead atoms. The van der Waals surface area contributed by atoms with E-state index in [-0.39, 0.29) is 6.10 Å². The number of ether oxygens (including phenoxy) is 2. The Balaban J connectivity index is 2.02. The summed E-state index contributed by atoms with van der Waals surface area (Å²) in [5.41, 5.74) is 5.78. The molecule has 0 aliphatic heterocycles. The summed E-state index contributed by atoms with van der Waals surface area (Å²) in [6.45, 7) is 0.689. The molecule has 0 amide bonds. The number of aromatic nitrogens is 1. The maximum atomic E-state index is 5.93. The molecule has 1 aliphatic rings. The third-order valence-corrected chi connectivity index (χ3v) is 3.32. The number of pyridine rings is 1. The van der Waals surface area contributed by atoms with Gasteiger partial charge in [-0.3, -0.25) is 0 Å². The molecule has 1 heterocycles. The number of hydrogen-bond donors (Lipinski definition) is 1. The molecule has 2 unspecified atom stereocenters. The first-order chi connectivity index (χ1) is 8.33. The number of methoxy groups -OCH3 is 1. The van der Waals surface area contributed by atoms with E-state index in [0.29, 0.717) is 24.2 Å². The maximum Gasteiger partial charge on any atom is 0.216 e. The van der Waals surface area contributed by atoms with E-state index in [2.05, 4.69) is 4.98 Å². The second-order valence-corrected chi connectivity index (χ2v) is 4.45. The van der Waals surface area contributed by atoms with E-state index in [1.807, 2.05) is 18.2 Å². The van der Waals surface area contributed by atoms with Gasteiger partial charge in [-0.25, -0.2) is 0 Å². The maximum absolute atomic E-state index is 5.93. The van der Waals surface area contributed by atoms with Crippen molar-refractivity contribution in [2.24, 2.45) is 11.7 Å². The topological polar surface area (TPSA) is 57.4 Å². The molecule has 2 rings (SSSR count). The predicted octanol–water partition coefficient (Wildman–Crippen LogP) is 1.99. The van der Waals surface area contributed by atoms with Gasteiger partial charge < -0.3 is 15.2 Å². The fourth-order valence-corrected chi connectivity index (χ4v) is 2.33. The average molecular weight is 236 g/mol. The van der Waals surface area contributed by atoms with Crippen LogP contribution in [0.2, 0.25) is 0 Å². The molecule has 94 valence electrons. The van der Waals surface area contributed by atoms with Crippen LogP contribution in [0.1, 0.15) is 25.7 Å². The molecule has 1 saturated carbocycles. The van der Waals surface area contributed by atoms with E-state index < -0.39 is 0 Å². The van der Waals surface area contributed by atoms with Crippen LogP contribution in [0.3, 0.4) is 0 Å². The van der Waals surface area contributed by atoms with Crippen molar-refractivity contribution < 1.29 is 9.47 Å². The third-order valence-electron chi connectivity index (χ3n) is 3.32. The van der Waals surface area contributed by atoms with Crippen molar-refractivity contribution in [1.29, 1.82) is 0 Å². The lowest BCUT2D eigenvalue weighted by atomic mass is 9.86. The first kappa shape index (κ1) is 12.2. The van der Waals surface area contributed by atoms with Crippen LogP contribution in [0.5, 0.6) is 11.8 Å². The monoisotopic (exact) mass is 236 g/mol. The lowest BCUT2D eigenvalue weighted by Gasteiger charge is -2.30. The van der Waals surface area contributed by atoms with Crippen molar-refractivity contribution in [3.63, 3.8) is 0 Å². The van der Waals surface area contributed by atoms with Crippen molar-refractivity contribution >= 4 is 0 Å². The van der Waals surface area contributed by atoms with Crippen LogP contribution in [0.25, 0.3) is 0 Å². The highest BCUT2D eigenvalue weighted by Crippen LogP contribution is 2.27. The highest BCUT2D eigenvalue weighted by Gasteiger charge is 2.25. The number of rotatable bonds is 4. The zero-order valence-electron chi connectivity index (χ0n) is 10.3. The Kier molecular flexibility index (Phi) is 4.20. The minimum Gasteiger partial charge on any atom is -0.481 e. The summed E-state index contributed by atoms with van der Waals surface area (Å²) < 4.78 is 11.0. The zero-order valence-corrected chi connectivity index (χ0v) is 10.3. The molecule has 4 heteroatoms. The lowest BCUT2D eigenvalue weighted by molar-refractivity contribution is 0.0916. The zero-order chi connectivity index (χ0) is 12.1. The number of nitrogens with two attached hydrogens (primary N) is 1. The van der Waals surface area contributed by atoms with Crippen molar-refractivity contribution in [3.05, 3.63) is 18.2 Å². The molecule has 1 fully saturated rings. The molecule has 0 aromatic carbocycles. The Hall–Kier alpha value is -1.29. The first-order valence-electron chi connectivity index (χ1n) is 6.21. The third kappa shape index (κ3) is 3.09. The normalized spacial score (nSPS) is 24.4. The first-order valence-corrected chi connectivity index (χ1v) is 6.21. The molecule has 0 saturated heterocycles. The molecule has 1 aliphatic carbocycles. The fraction of sp³-hybridized carbons (Fsp3) is 0.615. The standard InChI is InChI=1S/C13H20N2O2/c1-16-12-7-4-8-13(15-12)17-11-6-3-2-5-10(11)9-14/h4,7-8,10-11H,2-3,5-6,9,14H2,1H3. The summed E-state index contributed by atoms with van der Waals surface area (Å²) in [5, 5.41) is 0. The summed E-state index contributed by atoms with van der Waals surface area (Å²) in [6.07, 6.45) is 4.90. The van der Waals surface area contributed by atoms with E-state index in [1.165, 1.54) is 12.8 Å². The van der Waals surface area contributed by atoms with Gasteiger partial charge in [0, 0.05) is 18.1 Å². The summed E-state index contributed by atoms with van der Waals surface area (Å²) in [6, 6.07) is 5.57. The van der Waals surface area contributed by atoms with Crippen LogP contribution < -0.4 is 15.2 Å². The van der Waals surface area contributed by atoms with Gasteiger partial charge in [0.1, 0.15) is 6.10 Å². The molecule has 17 heavy (non-hydrogen) atoms. The second-order valence-electron chi connectivity index (χ2n) is 4.45. The predicted molar refractivity (Wildman–Crippen MR) is 66.2 cm³/mol. The van der Waals surface area contributed by atoms with E-state index in [0.717, 1.165) is 12.8 Å². The van der Waals surface area contributed by atoms with Crippen molar-refractivity contribution in [3.8, 4) is 11.8 Å². The number of hydrogen-bond acceptors (Lipinski definition) is 4. The Morgan fingerprint density at radius 2 is 2.06 bits per heavy atom. The summed E-state index contributed by atoms with van der Waals surface area (Å²) >= 11 is 0. The van der Waals surface area contributed by atoms with Gasteiger partial charge in [0.2, 0.25) is 11.8 Å². The van der Waals surface area contributed by atoms with Gasteiger partial charge in [-0.2, -0.15) is 4.98 Å². The van der Waals surface area contributed by atoms with Gasteiger partial charge >= 0.3 is 0 Å². The van der Waals surface area contributed by atoms with Gasteiger partial charge in [-0.15, -0.1) is 0 Å². The van der Waals surface area contributed by atoms with Crippen LogP contribution in [0.4, 0.5) is 0 Å². The Morgan fingerprint density at radius 1 is 1.29 bits per heavy atom. The Morgan fingerprint density at radius 3 is 2.82 bits per heavy atom. The average Bonchev–Trinajstić information content (AvgIpc) is 2.39. The fourth-order valence-electron chi connectivity index (χ4n) is 2.33. The van der Waals surface area contributed by atoms with Gasteiger partial charge in [-0.05, 0) is 25.8 Å². The summed E-state index contributed by atoms with van der Waals surface area (Å²) in [7, 11) is 1.61. The van der Waals surface area contributed by atoms with Crippen LogP contribution in [0, 0.1) is 5.92 Å². The van der Waals surface area contributed by atoms with Gasteiger partial charge in [-0.1, -0.05) is 12.5 Å². The molecular formula is C13H20N2O2. The van der Waals surface area contributed by atoms with Crippen LogP contribution in [0.15, 0.2) is 18.2 Å². The van der Waals surface area contributed by atoms with Gasteiger partial charge in [0.15, 0.2) is 0 Å². The van der Waals surface area contributed by atoms with Gasteiger partial charge in [0.05, 0.1) is 7.11 Å². The highest BCUT2D eigenvalue weighted by molar-refractivity contribution is 5.19. The Bertz CT molecular complexity index is 357. The highest BCUT2D eigenvalue weighted by atomic mass is 16.5. The smallest absolute Gasteiger partial charge is 0.216 e. The van der Waals surface area contributed by atoms with Crippen LogP contribution >= 0.6 is 0 Å². The van der Waals surface area contributed by atoms with E-state index in [9.17, 15) is 0 Å². The SMILES string of the molecule is COc1cccc(OC2CCCCC2CN)n1. The van der Waals surface area contributed by atoms with Crippen molar-refractivity contribution in [1.82, 2.24) is 4.98 Å². The molecule has 2 atom stereocenters. The Labute approximate surface area is 102 Å². The lowest BCUT2D eigenvalue weighted by Crippen LogP contribution is -2.35. The molecule has 1 aromatic rings. The van der Waals surface area contributed by atoms with E-state index >= 15 is 0 Å². The minimum atomic E-state index is 0.202. The molecule has 0 radical (unpaired) electrons. The molecule has 1 aromatic heterocycles. The van der Waals surface area contributed by atoms with Gasteiger partial charge in [0.25, 0.3) is 0 Å². The summed E-state index contributed by atoms with van der Waals surface area (Å²) in [5.74, 6) is 1.68. The number of nitrogens with zero attached hydrogens (tertiary/aromatic N) is 1. The van der Waals surface area contributed by atoms with E-state index in [1.54, 1.807) is 7.11 Å². The van der Waals surface area contributed by atoms with Crippen molar-refractivity contribution in [2.75, 3.05) is 13.7 Å². The van der Waals surface area contributed by atoms with Crippen LogP contribution in [-0.2, 0) is 0 Å².